The molecule has 0 aliphatic carbocycles. The Labute approximate surface area is 82.5 Å². The zero-order chi connectivity index (χ0) is 10.3. The van der Waals surface area contributed by atoms with Crippen LogP contribution in [0.5, 0.6) is 0 Å². The van der Waals surface area contributed by atoms with Crippen molar-refractivity contribution < 1.29 is 0 Å². The summed E-state index contributed by atoms with van der Waals surface area (Å²) >= 11 is 0. The molecule has 0 bridgehead atoms. The van der Waals surface area contributed by atoms with E-state index < -0.39 is 0 Å². The van der Waals surface area contributed by atoms with Crippen molar-refractivity contribution in [2.24, 2.45) is 0 Å². The lowest BCUT2D eigenvalue weighted by molar-refractivity contribution is 0.817. The van der Waals surface area contributed by atoms with Crippen LogP contribution >= 0.6 is 0 Å². The first-order chi connectivity index (χ1) is 6.59. The van der Waals surface area contributed by atoms with Crippen molar-refractivity contribution in [3.8, 4) is 0 Å². The third-order valence-corrected chi connectivity index (χ3v) is 2.29. The number of nitrogens with two attached hydrogens (primary N) is 1. The highest BCUT2D eigenvalue weighted by Crippen LogP contribution is 2.26. The third kappa shape index (κ3) is 1.23. The highest BCUT2D eigenvalue weighted by atomic mass is 15.2. The molecule has 0 amide bonds. The summed E-state index contributed by atoms with van der Waals surface area (Å²) in [6.07, 6.45) is 0. The number of aryl methyl sites for hydroxylation is 1. The fraction of sp³-hybridized carbons (Fsp3) is 0.400. The van der Waals surface area contributed by atoms with Crippen LogP contribution in [0.4, 0.5) is 5.69 Å². The molecule has 0 radical (unpaired) electrons. The zero-order valence-corrected chi connectivity index (χ0v) is 8.63. The fourth-order valence-electron chi connectivity index (χ4n) is 1.63. The quantitative estimate of drug-likeness (QED) is 0.722. The van der Waals surface area contributed by atoms with Crippen molar-refractivity contribution in [3.63, 3.8) is 0 Å². The first-order valence-corrected chi connectivity index (χ1v) is 4.70. The number of nitrogens with one attached hydrogen (secondary N) is 1. The van der Waals surface area contributed by atoms with Crippen LogP contribution in [0.15, 0.2) is 6.07 Å². The Kier molecular flexibility index (Phi) is 1.91. The van der Waals surface area contributed by atoms with Crippen LogP contribution in [0.2, 0.25) is 0 Å². The maximum absolute atomic E-state index is 5.94. The predicted octanol–water partition coefficient (Wildman–Crippen LogP) is 1.97. The first kappa shape index (κ1) is 8.99. The molecule has 0 atom stereocenters. The Balaban J connectivity index is 2.79. The van der Waals surface area contributed by atoms with E-state index in [4.69, 9.17) is 5.73 Å². The lowest BCUT2D eigenvalue weighted by Crippen LogP contribution is -1.94. The van der Waals surface area contributed by atoms with Crippen molar-refractivity contribution in [2.75, 3.05) is 5.73 Å². The van der Waals surface area contributed by atoms with Gasteiger partial charge in [0, 0.05) is 17.1 Å². The predicted molar refractivity (Wildman–Crippen MR) is 57.1 cm³/mol. The first-order valence-electron chi connectivity index (χ1n) is 4.70. The molecule has 0 spiro atoms. The van der Waals surface area contributed by atoms with E-state index in [1.165, 1.54) is 0 Å². The van der Waals surface area contributed by atoms with Crippen molar-refractivity contribution in [2.45, 2.75) is 26.7 Å². The minimum atomic E-state index is 0.381. The SMILES string of the molecule is Cc1cc(N)c2c(C(C)C)[nH]nc2n1. The Bertz CT molecular complexity index is 470. The molecule has 0 aromatic carbocycles. The molecule has 0 aliphatic heterocycles. The minimum Gasteiger partial charge on any atom is -0.398 e. The number of rotatable bonds is 1. The molecule has 2 rings (SSSR count). The summed E-state index contributed by atoms with van der Waals surface area (Å²) in [5.74, 6) is 0.381. The molecule has 0 aliphatic rings. The van der Waals surface area contributed by atoms with E-state index in [2.05, 4.69) is 29.0 Å². The average Bonchev–Trinajstić information content (AvgIpc) is 2.47. The number of nitrogens with zero attached hydrogens (tertiary/aromatic N) is 2. The Morgan fingerprint density at radius 3 is 2.79 bits per heavy atom. The second-order valence-corrected chi connectivity index (χ2v) is 3.84. The molecule has 74 valence electrons. The van der Waals surface area contributed by atoms with Gasteiger partial charge in [-0.15, -0.1) is 0 Å². The van der Waals surface area contributed by atoms with Crippen molar-refractivity contribution in [1.82, 2.24) is 15.2 Å². The molecule has 0 fully saturated rings. The molecule has 14 heavy (non-hydrogen) atoms. The zero-order valence-electron chi connectivity index (χ0n) is 8.63. The van der Waals surface area contributed by atoms with E-state index in [9.17, 15) is 0 Å². The van der Waals surface area contributed by atoms with Gasteiger partial charge in [0.1, 0.15) is 0 Å². The summed E-state index contributed by atoms with van der Waals surface area (Å²) in [4.78, 5) is 4.32. The normalized spacial score (nSPS) is 11.4. The van der Waals surface area contributed by atoms with E-state index in [1.807, 2.05) is 13.0 Å². The molecule has 0 saturated carbocycles. The number of aromatic nitrogens is 3. The fourth-order valence-corrected chi connectivity index (χ4v) is 1.63. The lowest BCUT2D eigenvalue weighted by Gasteiger charge is -2.03. The van der Waals surface area contributed by atoms with Gasteiger partial charge in [-0.3, -0.25) is 5.10 Å². The molecule has 3 N–H and O–H groups in total. The lowest BCUT2D eigenvalue weighted by atomic mass is 10.1. The highest BCUT2D eigenvalue weighted by molar-refractivity contribution is 5.90. The summed E-state index contributed by atoms with van der Waals surface area (Å²) in [7, 11) is 0. The topological polar surface area (TPSA) is 67.6 Å². The van der Waals surface area contributed by atoms with Crippen LogP contribution < -0.4 is 5.73 Å². The Morgan fingerprint density at radius 1 is 1.43 bits per heavy atom. The number of H-pyrrole nitrogens is 1. The largest absolute Gasteiger partial charge is 0.398 e. The number of fused-ring (bicyclic) bond motifs is 1. The molecular formula is C10H14N4. The summed E-state index contributed by atoms with van der Waals surface area (Å²) in [5.41, 5.74) is 9.37. The van der Waals surface area contributed by atoms with Crippen LogP contribution in [0, 0.1) is 6.92 Å². The van der Waals surface area contributed by atoms with Gasteiger partial charge in [0.25, 0.3) is 0 Å². The van der Waals surface area contributed by atoms with Gasteiger partial charge in [-0.2, -0.15) is 5.10 Å². The number of anilines is 1. The van der Waals surface area contributed by atoms with Crippen molar-refractivity contribution in [1.29, 1.82) is 0 Å². The van der Waals surface area contributed by atoms with Crippen LogP contribution in [0.25, 0.3) is 11.0 Å². The number of pyridine rings is 1. The molecule has 4 nitrogen and oxygen atoms in total. The summed E-state index contributed by atoms with van der Waals surface area (Å²) < 4.78 is 0. The smallest absolute Gasteiger partial charge is 0.183 e. The van der Waals surface area contributed by atoms with Gasteiger partial charge in [0.05, 0.1) is 5.39 Å². The number of hydrogen-bond donors (Lipinski definition) is 2. The molecule has 0 unspecified atom stereocenters. The van der Waals surface area contributed by atoms with E-state index >= 15 is 0 Å². The second kappa shape index (κ2) is 2.97. The Morgan fingerprint density at radius 2 is 2.14 bits per heavy atom. The molecule has 0 saturated heterocycles. The Hall–Kier alpha value is -1.58. The molecule has 4 heteroatoms. The van der Waals surface area contributed by atoms with E-state index in [1.54, 1.807) is 0 Å². The maximum atomic E-state index is 5.94. The van der Waals surface area contributed by atoms with Crippen LogP contribution in [-0.2, 0) is 0 Å². The number of nitrogen functional groups attached to an aromatic ring is 1. The van der Waals surface area contributed by atoms with E-state index in [0.29, 0.717) is 11.6 Å². The standard InChI is InChI=1S/C10H14N4/c1-5(2)9-8-7(11)4-6(3)12-10(8)14-13-9/h4-5H,1-3H3,(H3,11,12,13,14). The highest BCUT2D eigenvalue weighted by Gasteiger charge is 2.12. The third-order valence-electron chi connectivity index (χ3n) is 2.29. The molecular weight excluding hydrogens is 176 g/mol. The summed E-state index contributed by atoms with van der Waals surface area (Å²) in [6.45, 7) is 6.12. The summed E-state index contributed by atoms with van der Waals surface area (Å²) in [5, 5.41) is 8.10. The van der Waals surface area contributed by atoms with Gasteiger partial charge in [-0.25, -0.2) is 4.98 Å². The van der Waals surface area contributed by atoms with Gasteiger partial charge < -0.3 is 5.73 Å². The monoisotopic (exact) mass is 190 g/mol. The van der Waals surface area contributed by atoms with Gasteiger partial charge in [0.2, 0.25) is 0 Å². The maximum Gasteiger partial charge on any atom is 0.183 e. The van der Waals surface area contributed by atoms with Gasteiger partial charge in [0.15, 0.2) is 5.65 Å². The van der Waals surface area contributed by atoms with E-state index in [0.717, 1.165) is 22.5 Å². The minimum absolute atomic E-state index is 0.381. The van der Waals surface area contributed by atoms with Crippen molar-refractivity contribution in [3.05, 3.63) is 17.5 Å². The average molecular weight is 190 g/mol. The molecule has 2 heterocycles. The van der Waals surface area contributed by atoms with Crippen molar-refractivity contribution >= 4 is 16.7 Å². The van der Waals surface area contributed by atoms with Gasteiger partial charge in [-0.1, -0.05) is 13.8 Å². The molecule has 2 aromatic heterocycles. The second-order valence-electron chi connectivity index (χ2n) is 3.84. The van der Waals surface area contributed by atoms with E-state index in [-0.39, 0.29) is 0 Å². The van der Waals surface area contributed by atoms with Gasteiger partial charge >= 0.3 is 0 Å². The van der Waals surface area contributed by atoms with Crippen LogP contribution in [0.1, 0.15) is 31.2 Å². The van der Waals surface area contributed by atoms with Crippen LogP contribution in [-0.4, -0.2) is 15.2 Å². The number of hydrogen-bond acceptors (Lipinski definition) is 3. The number of aromatic amines is 1. The summed E-state index contributed by atoms with van der Waals surface area (Å²) in [6, 6.07) is 1.88. The molecule has 2 aromatic rings. The van der Waals surface area contributed by atoms with Gasteiger partial charge in [-0.05, 0) is 18.9 Å². The van der Waals surface area contributed by atoms with Crippen LogP contribution in [0.3, 0.4) is 0 Å².